The first-order valence-corrected chi connectivity index (χ1v) is 10.1. The van der Waals surface area contributed by atoms with Gasteiger partial charge in [-0.2, -0.15) is 5.10 Å². The first-order valence-electron chi connectivity index (χ1n) is 9.73. The number of rotatable bonds is 4. The smallest absolute Gasteiger partial charge is 0.253 e. The number of carbonyl (C=O) groups excluding carboxylic acids is 2. The number of anilines is 2. The molecule has 8 heteroatoms. The van der Waals surface area contributed by atoms with Gasteiger partial charge in [0, 0.05) is 55.4 Å². The normalized spacial score (nSPS) is 13.9. The molecule has 30 heavy (non-hydrogen) atoms. The lowest BCUT2D eigenvalue weighted by Gasteiger charge is -2.34. The van der Waals surface area contributed by atoms with E-state index in [-0.39, 0.29) is 11.8 Å². The van der Waals surface area contributed by atoms with Gasteiger partial charge in [-0.05, 0) is 42.0 Å². The van der Waals surface area contributed by atoms with Gasteiger partial charge >= 0.3 is 0 Å². The Morgan fingerprint density at radius 2 is 1.67 bits per heavy atom. The minimum Gasteiger partial charge on any atom is -0.352 e. The Hall–Kier alpha value is -3.32. The molecule has 0 aliphatic carbocycles. The summed E-state index contributed by atoms with van der Waals surface area (Å²) in [6.07, 6.45) is 0. The number of carbonyl (C=O) groups is 2. The molecule has 0 bridgehead atoms. The van der Waals surface area contributed by atoms with Crippen molar-refractivity contribution in [1.82, 2.24) is 15.1 Å². The van der Waals surface area contributed by atoms with E-state index in [9.17, 15) is 9.59 Å². The highest BCUT2D eigenvalue weighted by molar-refractivity contribution is 6.30. The second kappa shape index (κ2) is 8.59. The molecule has 0 spiro atoms. The average Bonchev–Trinajstić information content (AvgIpc) is 3.24. The van der Waals surface area contributed by atoms with Gasteiger partial charge in [-0.25, -0.2) is 0 Å². The Labute approximate surface area is 179 Å². The lowest BCUT2D eigenvalue weighted by atomic mass is 10.1. The monoisotopic (exact) mass is 423 g/mol. The molecule has 1 fully saturated rings. The van der Waals surface area contributed by atoms with E-state index in [2.05, 4.69) is 20.4 Å². The second-order valence-electron chi connectivity index (χ2n) is 7.18. The fourth-order valence-corrected chi connectivity index (χ4v) is 3.60. The maximum absolute atomic E-state index is 12.8. The second-order valence-corrected chi connectivity index (χ2v) is 7.62. The van der Waals surface area contributed by atoms with Crippen LogP contribution >= 0.6 is 11.6 Å². The highest BCUT2D eigenvalue weighted by atomic mass is 35.5. The summed E-state index contributed by atoms with van der Waals surface area (Å²) in [5.41, 5.74) is 3.25. The summed E-state index contributed by atoms with van der Waals surface area (Å²) in [4.78, 5) is 27.9. The zero-order chi connectivity index (χ0) is 21.1. The topological polar surface area (TPSA) is 81.3 Å². The van der Waals surface area contributed by atoms with E-state index < -0.39 is 0 Å². The SMILES string of the molecule is CC(=O)Nc1ccc(C(=O)N2CCN(c3cc(-c4ccc(Cl)cc4)[nH]n3)CC2)cc1. The van der Waals surface area contributed by atoms with Crippen LogP contribution in [0, 0.1) is 0 Å². The van der Waals surface area contributed by atoms with E-state index in [0.29, 0.717) is 42.5 Å². The molecule has 3 aromatic rings. The number of halogens is 1. The van der Waals surface area contributed by atoms with Crippen molar-refractivity contribution in [1.29, 1.82) is 0 Å². The van der Waals surface area contributed by atoms with E-state index in [1.165, 1.54) is 6.92 Å². The number of benzene rings is 2. The molecule has 154 valence electrons. The molecule has 0 atom stereocenters. The first kappa shape index (κ1) is 20.0. The van der Waals surface area contributed by atoms with Crippen molar-refractivity contribution in [2.24, 2.45) is 0 Å². The molecule has 7 nitrogen and oxygen atoms in total. The van der Waals surface area contributed by atoms with Crippen LogP contribution in [0.4, 0.5) is 11.5 Å². The van der Waals surface area contributed by atoms with Crippen LogP contribution < -0.4 is 10.2 Å². The fourth-order valence-electron chi connectivity index (χ4n) is 3.47. The van der Waals surface area contributed by atoms with Crippen LogP contribution in [-0.4, -0.2) is 53.1 Å². The van der Waals surface area contributed by atoms with Gasteiger partial charge in [0.1, 0.15) is 0 Å². The van der Waals surface area contributed by atoms with Gasteiger partial charge < -0.3 is 15.1 Å². The van der Waals surface area contributed by atoms with Crippen LogP contribution in [0.5, 0.6) is 0 Å². The molecule has 2 aromatic carbocycles. The number of amides is 2. The third kappa shape index (κ3) is 4.46. The Bertz CT molecular complexity index is 1040. The van der Waals surface area contributed by atoms with Crippen LogP contribution in [-0.2, 0) is 4.79 Å². The molecule has 2 heterocycles. The molecule has 2 N–H and O–H groups in total. The Morgan fingerprint density at radius 3 is 2.30 bits per heavy atom. The molecule has 1 aliphatic rings. The molecular formula is C22H22ClN5O2. The van der Waals surface area contributed by atoms with E-state index >= 15 is 0 Å². The summed E-state index contributed by atoms with van der Waals surface area (Å²) in [5.74, 6) is 0.724. The number of piperazine rings is 1. The lowest BCUT2D eigenvalue weighted by molar-refractivity contribution is -0.114. The zero-order valence-corrected chi connectivity index (χ0v) is 17.3. The molecule has 0 radical (unpaired) electrons. The van der Waals surface area contributed by atoms with Gasteiger partial charge in [0.25, 0.3) is 5.91 Å². The van der Waals surface area contributed by atoms with Crippen molar-refractivity contribution in [2.75, 3.05) is 36.4 Å². The van der Waals surface area contributed by atoms with Crippen molar-refractivity contribution in [2.45, 2.75) is 6.92 Å². The number of hydrogen-bond acceptors (Lipinski definition) is 4. The van der Waals surface area contributed by atoms with E-state index in [0.717, 1.165) is 17.1 Å². The number of nitrogens with one attached hydrogen (secondary N) is 2. The average molecular weight is 424 g/mol. The summed E-state index contributed by atoms with van der Waals surface area (Å²) in [7, 11) is 0. The van der Waals surface area contributed by atoms with Gasteiger partial charge in [0.15, 0.2) is 5.82 Å². The summed E-state index contributed by atoms with van der Waals surface area (Å²) in [5, 5.41) is 10.9. The van der Waals surface area contributed by atoms with Crippen molar-refractivity contribution in [3.05, 3.63) is 65.2 Å². The van der Waals surface area contributed by atoms with E-state index in [1.54, 1.807) is 24.3 Å². The molecule has 0 saturated carbocycles. The summed E-state index contributed by atoms with van der Waals surface area (Å²) in [6, 6.07) is 16.6. The molecule has 4 rings (SSSR count). The third-order valence-electron chi connectivity index (χ3n) is 5.06. The van der Waals surface area contributed by atoms with Gasteiger partial charge in [0.05, 0.1) is 5.69 Å². The Morgan fingerprint density at radius 1 is 1.00 bits per heavy atom. The van der Waals surface area contributed by atoms with Crippen LogP contribution in [0.15, 0.2) is 54.6 Å². The predicted molar refractivity (Wildman–Crippen MR) is 118 cm³/mol. The van der Waals surface area contributed by atoms with Gasteiger partial charge in [-0.15, -0.1) is 0 Å². The summed E-state index contributed by atoms with van der Waals surface area (Å²) < 4.78 is 0. The number of nitrogens with zero attached hydrogens (tertiary/aromatic N) is 3. The number of aromatic nitrogens is 2. The van der Waals surface area contributed by atoms with Crippen molar-refractivity contribution in [3.8, 4) is 11.3 Å². The van der Waals surface area contributed by atoms with Gasteiger partial charge in [-0.1, -0.05) is 23.7 Å². The van der Waals surface area contributed by atoms with E-state index in [1.807, 2.05) is 35.2 Å². The molecule has 0 unspecified atom stereocenters. The molecule has 1 aromatic heterocycles. The number of aromatic amines is 1. The standard InChI is InChI=1S/C22H22ClN5O2/c1-15(29)24-19-8-4-17(5-9-19)22(30)28-12-10-27(11-13-28)21-14-20(25-26-21)16-2-6-18(23)7-3-16/h2-9,14H,10-13H2,1H3,(H,24,29)(H,25,26). The molecule has 1 aliphatic heterocycles. The Balaban J connectivity index is 1.36. The maximum Gasteiger partial charge on any atom is 0.253 e. The zero-order valence-electron chi connectivity index (χ0n) is 16.6. The summed E-state index contributed by atoms with van der Waals surface area (Å²) in [6.45, 7) is 4.11. The van der Waals surface area contributed by atoms with Crippen LogP contribution in [0.1, 0.15) is 17.3 Å². The highest BCUT2D eigenvalue weighted by Crippen LogP contribution is 2.24. The number of hydrogen-bond donors (Lipinski definition) is 2. The molecule has 2 amide bonds. The van der Waals surface area contributed by atoms with Gasteiger partial charge in [0.2, 0.25) is 5.91 Å². The minimum atomic E-state index is -0.136. The third-order valence-corrected chi connectivity index (χ3v) is 5.31. The lowest BCUT2D eigenvalue weighted by Crippen LogP contribution is -2.48. The highest BCUT2D eigenvalue weighted by Gasteiger charge is 2.23. The van der Waals surface area contributed by atoms with Crippen molar-refractivity contribution < 1.29 is 9.59 Å². The number of H-pyrrole nitrogens is 1. The minimum absolute atomic E-state index is 0.00657. The predicted octanol–water partition coefficient (Wildman–Crippen LogP) is 3.65. The van der Waals surface area contributed by atoms with Crippen LogP contribution in [0.25, 0.3) is 11.3 Å². The van der Waals surface area contributed by atoms with Crippen LogP contribution in [0.3, 0.4) is 0 Å². The largest absolute Gasteiger partial charge is 0.352 e. The van der Waals surface area contributed by atoms with Crippen LogP contribution in [0.2, 0.25) is 5.02 Å². The summed E-state index contributed by atoms with van der Waals surface area (Å²) >= 11 is 5.95. The molecular weight excluding hydrogens is 402 g/mol. The quantitative estimate of drug-likeness (QED) is 0.671. The Kier molecular flexibility index (Phi) is 5.72. The van der Waals surface area contributed by atoms with Gasteiger partial charge in [-0.3, -0.25) is 14.7 Å². The molecule has 1 saturated heterocycles. The van der Waals surface area contributed by atoms with E-state index in [4.69, 9.17) is 11.6 Å². The van der Waals surface area contributed by atoms with Crippen molar-refractivity contribution in [3.63, 3.8) is 0 Å². The van der Waals surface area contributed by atoms with Crippen molar-refractivity contribution >= 4 is 34.9 Å². The fraction of sp³-hybridized carbons (Fsp3) is 0.227. The first-order chi connectivity index (χ1) is 14.5. The maximum atomic E-state index is 12.8.